The van der Waals surface area contributed by atoms with Gasteiger partial charge in [0, 0.05) is 7.11 Å². The molecule has 1 aromatic rings. The maximum absolute atomic E-state index is 13.2. The zero-order valence-corrected chi connectivity index (χ0v) is 12.1. The van der Waals surface area contributed by atoms with Crippen molar-refractivity contribution in [2.75, 3.05) is 46.8 Å². The molecule has 0 saturated carbocycles. The summed E-state index contributed by atoms with van der Waals surface area (Å²) in [5.74, 6) is -0.433. The van der Waals surface area contributed by atoms with Crippen molar-refractivity contribution in [2.45, 2.75) is 6.61 Å². The number of nitriles is 1. The van der Waals surface area contributed by atoms with E-state index in [4.69, 9.17) is 24.2 Å². The van der Waals surface area contributed by atoms with Gasteiger partial charge in [-0.3, -0.25) is 0 Å². The Balaban J connectivity index is 2.04. The van der Waals surface area contributed by atoms with E-state index in [-0.39, 0.29) is 12.2 Å². The summed E-state index contributed by atoms with van der Waals surface area (Å²) in [5.41, 5.74) is 0.924. The molecule has 21 heavy (non-hydrogen) atoms. The van der Waals surface area contributed by atoms with Gasteiger partial charge in [-0.05, 0) is 23.8 Å². The Kier molecular flexibility index (Phi) is 9.33. The molecule has 0 saturated heterocycles. The van der Waals surface area contributed by atoms with E-state index in [1.54, 1.807) is 13.2 Å². The van der Waals surface area contributed by atoms with Crippen LogP contribution in [0.15, 0.2) is 18.2 Å². The molecule has 0 unspecified atom stereocenters. The van der Waals surface area contributed by atoms with Gasteiger partial charge >= 0.3 is 0 Å². The molecular formula is C15H20FNO4. The van der Waals surface area contributed by atoms with Crippen LogP contribution in [0.3, 0.4) is 0 Å². The van der Waals surface area contributed by atoms with Crippen molar-refractivity contribution >= 4 is 0 Å². The van der Waals surface area contributed by atoms with Gasteiger partial charge in [-0.25, -0.2) is 4.39 Å². The molecule has 0 aliphatic carbocycles. The molecule has 0 spiro atoms. The predicted octanol–water partition coefficient (Wildman–Crippen LogP) is 1.89. The third kappa shape index (κ3) is 8.38. The van der Waals surface area contributed by atoms with Crippen molar-refractivity contribution in [3.8, 4) is 6.07 Å². The lowest BCUT2D eigenvalue weighted by Crippen LogP contribution is -2.11. The van der Waals surface area contributed by atoms with Crippen LogP contribution in [0.2, 0.25) is 0 Å². The van der Waals surface area contributed by atoms with Crippen LogP contribution in [0, 0.1) is 17.1 Å². The van der Waals surface area contributed by atoms with E-state index in [0.717, 1.165) is 0 Å². The number of rotatable bonds is 11. The second-order valence-electron chi connectivity index (χ2n) is 4.23. The van der Waals surface area contributed by atoms with Crippen LogP contribution in [0.4, 0.5) is 4.39 Å². The van der Waals surface area contributed by atoms with Crippen LogP contribution >= 0.6 is 0 Å². The fourth-order valence-corrected chi connectivity index (χ4v) is 1.57. The van der Waals surface area contributed by atoms with Gasteiger partial charge in [-0.15, -0.1) is 0 Å². The summed E-state index contributed by atoms with van der Waals surface area (Å²) >= 11 is 0. The molecule has 0 bridgehead atoms. The molecule has 116 valence electrons. The van der Waals surface area contributed by atoms with E-state index < -0.39 is 5.82 Å². The number of hydrogen-bond acceptors (Lipinski definition) is 5. The first-order valence-electron chi connectivity index (χ1n) is 6.68. The molecule has 5 nitrogen and oxygen atoms in total. The maximum Gasteiger partial charge on any atom is 0.124 e. The molecule has 1 rings (SSSR count). The zero-order chi connectivity index (χ0) is 15.3. The number of ether oxygens (including phenoxy) is 4. The van der Waals surface area contributed by atoms with Crippen molar-refractivity contribution in [1.29, 1.82) is 5.26 Å². The molecular weight excluding hydrogens is 277 g/mol. The highest BCUT2D eigenvalue weighted by molar-refractivity contribution is 5.33. The van der Waals surface area contributed by atoms with Crippen LogP contribution in [-0.4, -0.2) is 46.8 Å². The Morgan fingerprint density at radius 2 is 1.57 bits per heavy atom. The van der Waals surface area contributed by atoms with Crippen molar-refractivity contribution in [2.24, 2.45) is 0 Å². The molecule has 0 N–H and O–H groups in total. The van der Waals surface area contributed by atoms with E-state index in [9.17, 15) is 4.39 Å². The monoisotopic (exact) mass is 297 g/mol. The summed E-state index contributed by atoms with van der Waals surface area (Å²) in [6, 6.07) is 6.05. The van der Waals surface area contributed by atoms with Crippen molar-refractivity contribution in [3.63, 3.8) is 0 Å². The zero-order valence-electron chi connectivity index (χ0n) is 12.1. The Morgan fingerprint density at radius 3 is 2.19 bits per heavy atom. The van der Waals surface area contributed by atoms with Crippen LogP contribution < -0.4 is 0 Å². The molecule has 6 heteroatoms. The number of benzene rings is 1. The van der Waals surface area contributed by atoms with E-state index >= 15 is 0 Å². The summed E-state index contributed by atoms with van der Waals surface area (Å²) in [4.78, 5) is 0. The van der Waals surface area contributed by atoms with Crippen molar-refractivity contribution < 1.29 is 23.3 Å². The average molecular weight is 297 g/mol. The molecule has 1 aromatic carbocycles. The molecule has 0 atom stereocenters. The van der Waals surface area contributed by atoms with Gasteiger partial charge in [0.1, 0.15) is 5.82 Å². The minimum Gasteiger partial charge on any atom is -0.382 e. The predicted molar refractivity (Wildman–Crippen MR) is 74.3 cm³/mol. The fraction of sp³-hybridized carbons (Fsp3) is 0.533. The first kappa shape index (κ1) is 17.5. The van der Waals surface area contributed by atoms with Gasteiger partial charge < -0.3 is 18.9 Å². The maximum atomic E-state index is 13.2. The molecule has 0 aliphatic rings. The Labute approximate surface area is 124 Å². The third-order valence-corrected chi connectivity index (χ3v) is 2.53. The molecule has 0 aromatic heterocycles. The first-order valence-corrected chi connectivity index (χ1v) is 6.68. The quantitative estimate of drug-likeness (QED) is 0.584. The van der Waals surface area contributed by atoms with Gasteiger partial charge in [0.15, 0.2) is 0 Å². The lowest BCUT2D eigenvalue weighted by Gasteiger charge is -2.07. The summed E-state index contributed by atoms with van der Waals surface area (Å²) in [6.07, 6.45) is 0. The second-order valence-corrected chi connectivity index (χ2v) is 4.23. The molecule has 0 fully saturated rings. The van der Waals surface area contributed by atoms with Gasteiger partial charge in [0.25, 0.3) is 0 Å². The smallest absolute Gasteiger partial charge is 0.124 e. The van der Waals surface area contributed by atoms with Crippen molar-refractivity contribution in [3.05, 3.63) is 35.1 Å². The number of nitrogens with zero attached hydrogens (tertiary/aromatic N) is 1. The number of methoxy groups -OCH3 is 1. The fourth-order valence-electron chi connectivity index (χ4n) is 1.57. The van der Waals surface area contributed by atoms with Gasteiger partial charge in [-0.2, -0.15) is 5.26 Å². The van der Waals surface area contributed by atoms with E-state index in [0.29, 0.717) is 45.2 Å². The number of hydrogen-bond donors (Lipinski definition) is 0. The second kappa shape index (κ2) is 11.2. The van der Waals surface area contributed by atoms with Crippen LogP contribution in [-0.2, 0) is 25.6 Å². The largest absolute Gasteiger partial charge is 0.382 e. The lowest BCUT2D eigenvalue weighted by atomic mass is 10.1. The number of halogens is 1. The lowest BCUT2D eigenvalue weighted by molar-refractivity contribution is 0.000843. The Hall–Kier alpha value is -1.52. The topological polar surface area (TPSA) is 60.7 Å². The molecule has 0 heterocycles. The summed E-state index contributed by atoms with van der Waals surface area (Å²) < 4.78 is 33.9. The minimum absolute atomic E-state index is 0.250. The highest BCUT2D eigenvalue weighted by Crippen LogP contribution is 2.09. The Bertz CT molecular complexity index is 448. The van der Waals surface area contributed by atoms with Crippen molar-refractivity contribution in [1.82, 2.24) is 0 Å². The summed E-state index contributed by atoms with van der Waals surface area (Å²) in [5, 5.41) is 8.74. The highest BCUT2D eigenvalue weighted by atomic mass is 19.1. The molecule has 0 amide bonds. The van der Waals surface area contributed by atoms with E-state index in [1.165, 1.54) is 12.1 Å². The van der Waals surface area contributed by atoms with Gasteiger partial charge in [0.05, 0.1) is 57.9 Å². The van der Waals surface area contributed by atoms with Gasteiger partial charge in [-0.1, -0.05) is 0 Å². The summed E-state index contributed by atoms with van der Waals surface area (Å²) in [7, 11) is 1.62. The standard InChI is InChI=1S/C15H20FNO4/c1-18-2-3-19-4-5-20-6-7-21-12-14-8-13(11-17)9-15(16)10-14/h8-10H,2-7,12H2,1H3. The first-order chi connectivity index (χ1) is 10.3. The van der Waals surface area contributed by atoms with E-state index in [1.807, 2.05) is 6.07 Å². The normalized spacial score (nSPS) is 10.5. The summed E-state index contributed by atoms with van der Waals surface area (Å²) in [6.45, 7) is 3.22. The molecule has 0 aliphatic heterocycles. The van der Waals surface area contributed by atoms with Gasteiger partial charge in [0.2, 0.25) is 0 Å². The van der Waals surface area contributed by atoms with Crippen LogP contribution in [0.5, 0.6) is 0 Å². The SMILES string of the molecule is COCCOCCOCCOCc1cc(F)cc(C#N)c1. The van der Waals surface area contributed by atoms with Crippen LogP contribution in [0.25, 0.3) is 0 Å². The Morgan fingerprint density at radius 1 is 0.952 bits per heavy atom. The highest BCUT2D eigenvalue weighted by Gasteiger charge is 2.01. The van der Waals surface area contributed by atoms with E-state index in [2.05, 4.69) is 0 Å². The van der Waals surface area contributed by atoms with Crippen LogP contribution in [0.1, 0.15) is 11.1 Å². The average Bonchev–Trinajstić information content (AvgIpc) is 2.48. The third-order valence-electron chi connectivity index (χ3n) is 2.53. The minimum atomic E-state index is -0.433. The molecule has 0 radical (unpaired) electrons.